The van der Waals surface area contributed by atoms with Gasteiger partial charge in [0.2, 0.25) is 0 Å². The second kappa shape index (κ2) is 9.71. The van der Waals surface area contributed by atoms with Crippen LogP contribution in [0.3, 0.4) is 0 Å². The molecular formula is C27H15N3O3. The summed E-state index contributed by atoms with van der Waals surface area (Å²) in [4.78, 5) is 12.7. The largest absolute Gasteiger partial charge is 0.424 e. The van der Waals surface area contributed by atoms with Crippen LogP contribution in [-0.4, -0.2) is 15.0 Å². The van der Waals surface area contributed by atoms with Crippen LogP contribution in [0.2, 0.25) is 0 Å². The average molecular weight is 429 g/mol. The van der Waals surface area contributed by atoms with Crippen LogP contribution in [0, 0.1) is 37.0 Å². The van der Waals surface area contributed by atoms with Gasteiger partial charge in [0.1, 0.15) is 17.2 Å². The molecule has 0 aliphatic carbocycles. The number of terminal acetylenes is 3. The highest BCUT2D eigenvalue weighted by Crippen LogP contribution is 2.27. The molecule has 33 heavy (non-hydrogen) atoms. The molecule has 1 heterocycles. The van der Waals surface area contributed by atoms with E-state index in [1.54, 1.807) is 72.8 Å². The first-order chi connectivity index (χ1) is 16.1. The van der Waals surface area contributed by atoms with Gasteiger partial charge < -0.3 is 14.2 Å². The molecule has 0 fully saturated rings. The molecule has 0 bridgehead atoms. The molecule has 6 nitrogen and oxygen atoms in total. The summed E-state index contributed by atoms with van der Waals surface area (Å²) < 4.78 is 17.3. The summed E-state index contributed by atoms with van der Waals surface area (Å²) >= 11 is 0. The Labute approximate surface area is 191 Å². The zero-order valence-electron chi connectivity index (χ0n) is 17.2. The van der Waals surface area contributed by atoms with Gasteiger partial charge in [-0.1, -0.05) is 17.8 Å². The maximum Gasteiger partial charge on any atom is 0.331 e. The summed E-state index contributed by atoms with van der Waals surface area (Å²) in [7, 11) is 0. The first-order valence-corrected chi connectivity index (χ1v) is 9.65. The Morgan fingerprint density at radius 1 is 0.424 bits per heavy atom. The summed E-state index contributed by atoms with van der Waals surface area (Å²) in [6, 6.07) is 20.6. The fourth-order valence-corrected chi connectivity index (χ4v) is 2.63. The van der Waals surface area contributed by atoms with Crippen LogP contribution in [0.15, 0.2) is 72.8 Å². The zero-order valence-corrected chi connectivity index (χ0v) is 17.2. The topological polar surface area (TPSA) is 66.4 Å². The lowest BCUT2D eigenvalue weighted by Gasteiger charge is -2.10. The monoisotopic (exact) mass is 429 g/mol. The number of hydrogen-bond donors (Lipinski definition) is 0. The fraction of sp³-hybridized carbons (Fsp3) is 0. The molecule has 0 amide bonds. The maximum atomic E-state index is 5.76. The third-order valence-corrected chi connectivity index (χ3v) is 4.26. The van der Waals surface area contributed by atoms with Gasteiger partial charge in [-0.05, 0) is 72.8 Å². The number of aromatic nitrogens is 3. The summed E-state index contributed by atoms with van der Waals surface area (Å²) in [6.45, 7) is 0. The highest BCUT2D eigenvalue weighted by molar-refractivity contribution is 5.40. The van der Waals surface area contributed by atoms with Crippen molar-refractivity contribution in [2.45, 2.75) is 0 Å². The summed E-state index contributed by atoms with van der Waals surface area (Å²) in [5, 5.41) is 0. The molecule has 4 rings (SSSR count). The molecule has 156 valence electrons. The van der Waals surface area contributed by atoms with Crippen LogP contribution < -0.4 is 14.2 Å². The molecule has 4 aromatic rings. The van der Waals surface area contributed by atoms with Gasteiger partial charge in [0.15, 0.2) is 0 Å². The molecule has 0 radical (unpaired) electrons. The second-order valence-corrected chi connectivity index (χ2v) is 6.50. The average Bonchev–Trinajstić information content (AvgIpc) is 2.85. The molecule has 3 aromatic carbocycles. The number of nitrogens with zero attached hydrogens (tertiary/aromatic N) is 3. The van der Waals surface area contributed by atoms with E-state index in [1.807, 2.05) is 0 Å². The molecule has 0 aliphatic heterocycles. The second-order valence-electron chi connectivity index (χ2n) is 6.50. The van der Waals surface area contributed by atoms with E-state index in [0.717, 1.165) is 16.7 Å². The summed E-state index contributed by atoms with van der Waals surface area (Å²) in [5.41, 5.74) is 2.16. The Bertz CT molecular complexity index is 1200. The minimum Gasteiger partial charge on any atom is -0.424 e. The number of ether oxygens (including phenoxy) is 3. The van der Waals surface area contributed by atoms with Gasteiger partial charge in [0, 0.05) is 16.7 Å². The van der Waals surface area contributed by atoms with E-state index in [9.17, 15) is 0 Å². The predicted octanol–water partition coefficient (Wildman–Crippen LogP) is 5.19. The van der Waals surface area contributed by atoms with Gasteiger partial charge >= 0.3 is 18.0 Å². The normalized spacial score (nSPS) is 9.73. The van der Waals surface area contributed by atoms with E-state index >= 15 is 0 Å². The van der Waals surface area contributed by atoms with Gasteiger partial charge in [0.25, 0.3) is 0 Å². The van der Waals surface area contributed by atoms with Crippen molar-refractivity contribution < 1.29 is 14.2 Å². The van der Waals surface area contributed by atoms with Crippen molar-refractivity contribution in [2.24, 2.45) is 0 Å². The van der Waals surface area contributed by atoms with Gasteiger partial charge in [0.05, 0.1) is 0 Å². The van der Waals surface area contributed by atoms with Crippen LogP contribution in [0.4, 0.5) is 0 Å². The highest BCUT2D eigenvalue weighted by atomic mass is 16.5. The lowest BCUT2D eigenvalue weighted by molar-refractivity contribution is 0.362. The Kier molecular flexibility index (Phi) is 6.18. The number of benzene rings is 3. The minimum absolute atomic E-state index is 0.0241. The lowest BCUT2D eigenvalue weighted by atomic mass is 10.2. The van der Waals surface area contributed by atoms with Crippen molar-refractivity contribution in [1.29, 1.82) is 0 Å². The lowest BCUT2D eigenvalue weighted by Crippen LogP contribution is -2.01. The molecule has 0 unspecified atom stereocenters. The van der Waals surface area contributed by atoms with Crippen LogP contribution >= 0.6 is 0 Å². The molecule has 1 aromatic heterocycles. The van der Waals surface area contributed by atoms with Crippen LogP contribution in [-0.2, 0) is 0 Å². The predicted molar refractivity (Wildman–Crippen MR) is 123 cm³/mol. The SMILES string of the molecule is C#Cc1ccc(Oc2nc(Oc3ccc(C#C)cc3)nc(Oc3ccc(C#C)cc3)n2)cc1. The molecular weight excluding hydrogens is 414 g/mol. The van der Waals surface area contributed by atoms with E-state index in [2.05, 4.69) is 32.7 Å². The van der Waals surface area contributed by atoms with Crippen LogP contribution in [0.1, 0.15) is 16.7 Å². The summed E-state index contributed by atoms with van der Waals surface area (Å²) in [6.07, 6.45) is 16.2. The molecule has 0 aliphatic rings. The smallest absolute Gasteiger partial charge is 0.331 e. The first kappa shape index (κ1) is 21.0. The van der Waals surface area contributed by atoms with Crippen LogP contribution in [0.5, 0.6) is 35.3 Å². The Morgan fingerprint density at radius 2 is 0.667 bits per heavy atom. The summed E-state index contributed by atoms with van der Waals surface area (Å²) in [5.74, 6) is 9.08. The van der Waals surface area contributed by atoms with Gasteiger partial charge in [-0.15, -0.1) is 34.2 Å². The Balaban J connectivity index is 1.63. The maximum absolute atomic E-state index is 5.76. The van der Waals surface area contributed by atoms with Crippen molar-refractivity contribution >= 4 is 0 Å². The van der Waals surface area contributed by atoms with Crippen molar-refractivity contribution in [2.75, 3.05) is 0 Å². The van der Waals surface area contributed by atoms with Gasteiger partial charge in [-0.25, -0.2) is 0 Å². The zero-order chi connectivity index (χ0) is 23.0. The molecule has 0 saturated carbocycles. The first-order valence-electron chi connectivity index (χ1n) is 9.65. The Hall–Kier alpha value is -5.25. The quantitative estimate of drug-likeness (QED) is 0.393. The Morgan fingerprint density at radius 3 is 0.879 bits per heavy atom. The van der Waals surface area contributed by atoms with E-state index in [4.69, 9.17) is 33.5 Å². The van der Waals surface area contributed by atoms with E-state index in [-0.39, 0.29) is 18.0 Å². The van der Waals surface area contributed by atoms with Gasteiger partial charge in [-0.2, -0.15) is 0 Å². The van der Waals surface area contributed by atoms with Crippen molar-refractivity contribution in [3.63, 3.8) is 0 Å². The van der Waals surface area contributed by atoms with Crippen molar-refractivity contribution in [1.82, 2.24) is 15.0 Å². The minimum atomic E-state index is -0.0241. The molecule has 0 atom stereocenters. The van der Waals surface area contributed by atoms with Crippen molar-refractivity contribution in [3.05, 3.63) is 89.5 Å². The van der Waals surface area contributed by atoms with Gasteiger partial charge in [-0.3, -0.25) is 0 Å². The van der Waals surface area contributed by atoms with E-state index < -0.39 is 0 Å². The molecule has 0 spiro atoms. The molecule has 0 saturated heterocycles. The third-order valence-electron chi connectivity index (χ3n) is 4.26. The molecule has 0 N–H and O–H groups in total. The standard InChI is InChI=1S/C27H15N3O3/c1-4-19-7-13-22(14-8-19)31-25-28-26(32-23-15-9-20(5-2)10-16-23)30-27(29-25)33-24-17-11-21(6-3)12-18-24/h1-3,7-18H. The van der Waals surface area contributed by atoms with E-state index in [1.165, 1.54) is 0 Å². The highest BCUT2D eigenvalue weighted by Gasteiger charge is 2.13. The number of rotatable bonds is 6. The molecule has 6 heteroatoms. The van der Waals surface area contributed by atoms with E-state index in [0.29, 0.717) is 17.2 Å². The van der Waals surface area contributed by atoms with Crippen LogP contribution in [0.25, 0.3) is 0 Å². The number of hydrogen-bond acceptors (Lipinski definition) is 6. The third kappa shape index (κ3) is 5.47. The van der Waals surface area contributed by atoms with Crippen molar-refractivity contribution in [3.8, 4) is 72.3 Å². The fourth-order valence-electron chi connectivity index (χ4n) is 2.63.